The lowest BCUT2D eigenvalue weighted by molar-refractivity contribution is 0.106. The quantitative estimate of drug-likeness (QED) is 0.304. The molecule has 1 N–H and O–H groups in total. The number of carbonyl (C=O) groups is 1. The van der Waals surface area contributed by atoms with E-state index < -0.39 is 0 Å². The molecule has 16 heavy (non-hydrogen) atoms. The average molecular weight is 302 g/mol. The Morgan fingerprint density at radius 3 is 2.56 bits per heavy atom. The summed E-state index contributed by atoms with van der Waals surface area (Å²) in [5.41, 5.74) is 0.527. The van der Waals surface area contributed by atoms with E-state index in [1.54, 1.807) is 24.3 Å². The highest BCUT2D eigenvalue weighted by molar-refractivity contribution is 9.10. The van der Waals surface area contributed by atoms with Crippen molar-refractivity contribution >= 4 is 38.5 Å². The van der Waals surface area contributed by atoms with Crippen molar-refractivity contribution in [3.05, 3.63) is 34.3 Å². The van der Waals surface area contributed by atoms with E-state index in [0.29, 0.717) is 5.56 Å². The van der Waals surface area contributed by atoms with E-state index in [1.165, 1.54) is 11.8 Å². The van der Waals surface area contributed by atoms with Crippen LogP contribution < -0.4 is 0 Å². The van der Waals surface area contributed by atoms with Gasteiger partial charge in [0.05, 0.1) is 0 Å². The van der Waals surface area contributed by atoms with Crippen LogP contribution >= 0.6 is 27.7 Å². The van der Waals surface area contributed by atoms with Gasteiger partial charge in [-0.3, -0.25) is 4.79 Å². The Kier molecular flexibility index (Phi) is 5.55. The van der Waals surface area contributed by atoms with Crippen molar-refractivity contribution in [2.45, 2.75) is 13.3 Å². The Balaban J connectivity index is 2.79. The van der Waals surface area contributed by atoms with Crippen LogP contribution in [0.2, 0.25) is 0 Å². The Morgan fingerprint density at radius 1 is 1.44 bits per heavy atom. The highest BCUT2D eigenvalue weighted by Gasteiger charge is 2.14. The van der Waals surface area contributed by atoms with Gasteiger partial charge in [-0.2, -0.15) is 0 Å². The van der Waals surface area contributed by atoms with Crippen LogP contribution in [-0.4, -0.2) is 21.8 Å². The lowest BCUT2D eigenvalue weighted by Crippen LogP contribution is -2.11. The summed E-state index contributed by atoms with van der Waals surface area (Å²) in [6.45, 7) is 2.01. The van der Waals surface area contributed by atoms with E-state index >= 15 is 0 Å². The molecule has 0 fully saturated rings. The van der Waals surface area contributed by atoms with Gasteiger partial charge in [-0.1, -0.05) is 39.8 Å². The van der Waals surface area contributed by atoms with E-state index in [4.69, 9.17) is 5.21 Å². The number of carbonyl (C=O) groups excluding carboxylic acids is 1. The largest absolute Gasteiger partial charge is 0.410 e. The predicted octanol–water partition coefficient (Wildman–Crippen LogP) is 3.56. The molecular weight excluding hydrogens is 290 g/mol. The van der Waals surface area contributed by atoms with Gasteiger partial charge in [0.1, 0.15) is 0 Å². The maximum absolute atomic E-state index is 11.9. The molecule has 0 saturated carbocycles. The van der Waals surface area contributed by atoms with Crippen molar-refractivity contribution in [2.24, 2.45) is 5.16 Å². The maximum Gasteiger partial charge on any atom is 0.221 e. The first-order valence-corrected chi connectivity index (χ1v) is 6.62. The topological polar surface area (TPSA) is 49.7 Å². The highest BCUT2D eigenvalue weighted by atomic mass is 79.9. The summed E-state index contributed by atoms with van der Waals surface area (Å²) in [6.07, 6.45) is 0.928. The van der Waals surface area contributed by atoms with Gasteiger partial charge in [0.25, 0.3) is 0 Å². The minimum absolute atomic E-state index is 0.143. The zero-order chi connectivity index (χ0) is 12.0. The third-order valence-electron chi connectivity index (χ3n) is 1.83. The zero-order valence-electron chi connectivity index (χ0n) is 8.81. The van der Waals surface area contributed by atoms with Gasteiger partial charge in [0.15, 0.2) is 5.04 Å². The number of nitrogens with zero attached hydrogens (tertiary/aromatic N) is 1. The van der Waals surface area contributed by atoms with E-state index in [1.807, 2.05) is 6.92 Å². The zero-order valence-corrected chi connectivity index (χ0v) is 11.2. The SMILES string of the molecule is CCCS/C(=N/O)C(=O)c1ccc(Br)cc1. The molecule has 0 aromatic heterocycles. The molecule has 0 spiro atoms. The minimum Gasteiger partial charge on any atom is -0.410 e. The van der Waals surface area contributed by atoms with Gasteiger partial charge < -0.3 is 5.21 Å². The molecular formula is C11H12BrNO2S. The Morgan fingerprint density at radius 2 is 2.06 bits per heavy atom. The molecule has 0 atom stereocenters. The molecule has 0 unspecified atom stereocenters. The Labute approximate surface area is 107 Å². The number of benzene rings is 1. The van der Waals surface area contributed by atoms with Gasteiger partial charge in [-0.05, 0) is 36.4 Å². The Hall–Kier alpha value is -0.810. The van der Waals surface area contributed by atoms with Gasteiger partial charge in [-0.25, -0.2) is 0 Å². The molecule has 0 amide bonds. The lowest BCUT2D eigenvalue weighted by atomic mass is 10.1. The fraction of sp³-hybridized carbons (Fsp3) is 0.273. The monoisotopic (exact) mass is 301 g/mol. The van der Waals surface area contributed by atoms with Crippen molar-refractivity contribution in [2.75, 3.05) is 5.75 Å². The van der Waals surface area contributed by atoms with Crippen molar-refractivity contribution in [3.63, 3.8) is 0 Å². The van der Waals surface area contributed by atoms with Crippen LogP contribution in [0.5, 0.6) is 0 Å². The maximum atomic E-state index is 11.9. The number of ketones is 1. The molecule has 0 radical (unpaired) electrons. The molecule has 1 rings (SSSR count). The summed E-state index contributed by atoms with van der Waals surface area (Å²) in [4.78, 5) is 11.9. The first kappa shape index (κ1) is 13.3. The molecule has 0 aliphatic carbocycles. The molecule has 86 valence electrons. The van der Waals surface area contributed by atoms with Crippen LogP contribution in [0.3, 0.4) is 0 Å². The van der Waals surface area contributed by atoms with Gasteiger partial charge in [0.2, 0.25) is 5.78 Å². The van der Waals surface area contributed by atoms with E-state index in [0.717, 1.165) is 16.6 Å². The molecule has 3 nitrogen and oxygen atoms in total. The summed E-state index contributed by atoms with van der Waals surface area (Å²) in [5.74, 6) is 0.523. The number of hydrogen-bond acceptors (Lipinski definition) is 4. The normalized spacial score (nSPS) is 11.5. The van der Waals surface area contributed by atoms with Crippen LogP contribution in [0.25, 0.3) is 0 Å². The van der Waals surface area contributed by atoms with E-state index in [2.05, 4.69) is 21.1 Å². The second kappa shape index (κ2) is 6.70. The summed E-state index contributed by atoms with van der Waals surface area (Å²) in [6, 6.07) is 6.97. The standard InChI is InChI=1S/C11H12BrNO2S/c1-2-7-16-11(13-15)10(14)8-3-5-9(12)6-4-8/h3-6,15H,2,7H2,1H3/b13-11+. The third kappa shape index (κ3) is 3.64. The molecule has 1 aromatic rings. The number of rotatable bonds is 4. The second-order valence-corrected chi connectivity index (χ2v) is 5.09. The fourth-order valence-electron chi connectivity index (χ4n) is 1.06. The lowest BCUT2D eigenvalue weighted by Gasteiger charge is -2.02. The molecule has 0 bridgehead atoms. The first-order valence-electron chi connectivity index (χ1n) is 4.84. The Bertz CT molecular complexity index is 389. The smallest absolute Gasteiger partial charge is 0.221 e. The van der Waals surface area contributed by atoms with E-state index in [-0.39, 0.29) is 10.8 Å². The summed E-state index contributed by atoms with van der Waals surface area (Å²) < 4.78 is 0.910. The summed E-state index contributed by atoms with van der Waals surface area (Å²) >= 11 is 4.56. The van der Waals surface area contributed by atoms with Crippen molar-refractivity contribution in [1.82, 2.24) is 0 Å². The number of hydrogen-bond donors (Lipinski definition) is 1. The van der Waals surface area contributed by atoms with Crippen molar-refractivity contribution < 1.29 is 10.0 Å². The molecule has 0 aliphatic heterocycles. The molecule has 0 heterocycles. The first-order chi connectivity index (χ1) is 7.69. The third-order valence-corrected chi connectivity index (χ3v) is 3.52. The second-order valence-electron chi connectivity index (χ2n) is 3.09. The van der Waals surface area contributed by atoms with Crippen LogP contribution in [0.1, 0.15) is 23.7 Å². The minimum atomic E-state index is -0.242. The number of Topliss-reactive ketones (excluding diaryl/α,β-unsaturated/α-hetero) is 1. The predicted molar refractivity (Wildman–Crippen MR) is 70.4 cm³/mol. The van der Waals surface area contributed by atoms with Crippen LogP contribution in [0.4, 0.5) is 0 Å². The average Bonchev–Trinajstić information content (AvgIpc) is 2.30. The van der Waals surface area contributed by atoms with Crippen LogP contribution in [0, 0.1) is 0 Å². The fourth-order valence-corrected chi connectivity index (χ4v) is 2.03. The summed E-state index contributed by atoms with van der Waals surface area (Å²) in [7, 11) is 0. The van der Waals surface area contributed by atoms with Gasteiger partial charge in [0, 0.05) is 10.0 Å². The molecule has 1 aromatic carbocycles. The molecule has 0 saturated heterocycles. The van der Waals surface area contributed by atoms with Crippen molar-refractivity contribution in [3.8, 4) is 0 Å². The molecule has 5 heteroatoms. The van der Waals surface area contributed by atoms with Crippen LogP contribution in [0.15, 0.2) is 33.9 Å². The number of oxime groups is 1. The number of halogens is 1. The highest BCUT2D eigenvalue weighted by Crippen LogP contribution is 2.15. The van der Waals surface area contributed by atoms with Crippen LogP contribution in [-0.2, 0) is 0 Å². The number of thioether (sulfide) groups is 1. The molecule has 0 aliphatic rings. The van der Waals surface area contributed by atoms with Crippen molar-refractivity contribution in [1.29, 1.82) is 0 Å². The van der Waals surface area contributed by atoms with Gasteiger partial charge >= 0.3 is 0 Å². The summed E-state index contributed by atoms with van der Waals surface area (Å²) in [5, 5.41) is 12.0. The van der Waals surface area contributed by atoms with E-state index in [9.17, 15) is 4.79 Å². The van der Waals surface area contributed by atoms with Gasteiger partial charge in [-0.15, -0.1) is 0 Å².